The van der Waals surface area contributed by atoms with Crippen molar-refractivity contribution in [1.29, 1.82) is 0 Å². The summed E-state index contributed by atoms with van der Waals surface area (Å²) in [5, 5.41) is 13.3. The Morgan fingerprint density at radius 2 is 1.77 bits per heavy atom. The van der Waals surface area contributed by atoms with E-state index in [4.69, 9.17) is 4.42 Å². The number of aliphatic hydroxyl groups is 1. The molecule has 5 aromatic rings. The molecule has 0 aliphatic carbocycles. The van der Waals surface area contributed by atoms with Crippen LogP contribution in [0.3, 0.4) is 0 Å². The van der Waals surface area contributed by atoms with Gasteiger partial charge in [-0.1, -0.05) is 42.5 Å². The van der Waals surface area contributed by atoms with Crippen molar-refractivity contribution in [3.05, 3.63) is 101 Å². The fraction of sp³-hybridized carbons (Fsp3) is 0.107. The van der Waals surface area contributed by atoms with Gasteiger partial charge in [-0.2, -0.15) is 0 Å². The van der Waals surface area contributed by atoms with Crippen LogP contribution < -0.4 is 4.90 Å². The van der Waals surface area contributed by atoms with Crippen LogP contribution in [0, 0.1) is 13.8 Å². The van der Waals surface area contributed by atoms with E-state index in [-0.39, 0.29) is 17.3 Å². The summed E-state index contributed by atoms with van der Waals surface area (Å²) in [5.74, 6) is -0.655. The summed E-state index contributed by atoms with van der Waals surface area (Å²) in [5.41, 5.74) is 2.83. The van der Waals surface area contributed by atoms with Crippen molar-refractivity contribution < 1.29 is 19.1 Å². The molecule has 1 aliphatic rings. The molecule has 0 spiro atoms. The lowest BCUT2D eigenvalue weighted by Crippen LogP contribution is -2.30. The van der Waals surface area contributed by atoms with E-state index >= 15 is 0 Å². The van der Waals surface area contributed by atoms with Crippen LogP contribution in [-0.4, -0.2) is 26.8 Å². The number of H-pyrrole nitrogens is 1. The largest absolute Gasteiger partial charge is 0.507 e. The van der Waals surface area contributed by atoms with Crippen molar-refractivity contribution in [3.8, 4) is 0 Å². The van der Waals surface area contributed by atoms with Crippen molar-refractivity contribution in [2.24, 2.45) is 0 Å². The van der Waals surface area contributed by atoms with Crippen molar-refractivity contribution in [1.82, 2.24) is 9.97 Å². The summed E-state index contributed by atoms with van der Waals surface area (Å²) in [6.07, 6.45) is 0. The Morgan fingerprint density at radius 3 is 2.54 bits per heavy atom. The fourth-order valence-electron chi connectivity index (χ4n) is 4.64. The maximum Gasteiger partial charge on any atom is 0.302 e. The first kappa shape index (κ1) is 20.9. The Hall–Kier alpha value is -4.65. The van der Waals surface area contributed by atoms with Gasteiger partial charge in [-0.3, -0.25) is 14.5 Å². The maximum absolute atomic E-state index is 13.3. The summed E-state index contributed by atoms with van der Waals surface area (Å²) in [6, 6.07) is 21.3. The molecule has 172 valence electrons. The molecule has 1 aliphatic heterocycles. The predicted molar refractivity (Wildman–Crippen MR) is 133 cm³/mol. The number of anilines is 1. The molecule has 2 N–H and O–H groups in total. The van der Waals surface area contributed by atoms with Gasteiger partial charge in [0.05, 0.1) is 16.6 Å². The van der Waals surface area contributed by atoms with Crippen LogP contribution in [-0.2, 0) is 9.59 Å². The number of amides is 1. The average molecular weight is 463 g/mol. The molecule has 2 aromatic heterocycles. The molecule has 35 heavy (non-hydrogen) atoms. The molecular weight excluding hydrogens is 442 g/mol. The number of carbonyl (C=O) groups excluding carboxylic acids is 2. The highest BCUT2D eigenvalue weighted by atomic mass is 16.3. The topological polar surface area (TPSA) is 99.4 Å². The highest BCUT2D eigenvalue weighted by molar-refractivity contribution is 6.51. The van der Waals surface area contributed by atoms with Crippen LogP contribution in [0.25, 0.3) is 27.6 Å². The maximum atomic E-state index is 13.3. The summed E-state index contributed by atoms with van der Waals surface area (Å²) >= 11 is 0. The van der Waals surface area contributed by atoms with E-state index in [2.05, 4.69) is 9.97 Å². The Bertz CT molecular complexity index is 1690. The van der Waals surface area contributed by atoms with Crippen molar-refractivity contribution in [3.63, 3.8) is 0 Å². The lowest BCUT2D eigenvalue weighted by atomic mass is 9.98. The molecule has 0 radical (unpaired) electrons. The first-order valence-corrected chi connectivity index (χ1v) is 11.2. The third kappa shape index (κ3) is 3.32. The first-order chi connectivity index (χ1) is 16.9. The molecule has 6 rings (SSSR count). The van der Waals surface area contributed by atoms with E-state index in [0.717, 1.165) is 21.9 Å². The number of aromatic amines is 1. The minimum absolute atomic E-state index is 0.0451. The number of hydrogen-bond donors (Lipinski definition) is 2. The zero-order chi connectivity index (χ0) is 24.3. The standard InChI is InChI=1S/C28H21N3O4/c1-15-7-11-20-21(13-15)30-28(29-20)31-24(22-12-8-16(2)35-22)23(26(33)27(31)34)25(32)19-10-9-17-5-3-4-6-18(17)14-19/h3-14,24,32H,1-2H3,(H,29,30)/b25-23+. The molecule has 1 fully saturated rings. The van der Waals surface area contributed by atoms with Gasteiger partial charge in [0.25, 0.3) is 5.78 Å². The number of ketones is 1. The van der Waals surface area contributed by atoms with Crippen LogP contribution in [0.2, 0.25) is 0 Å². The quantitative estimate of drug-likeness (QED) is 0.208. The Balaban J connectivity index is 1.56. The van der Waals surface area contributed by atoms with Gasteiger partial charge in [-0.05, 0) is 60.5 Å². The number of hydrogen-bond acceptors (Lipinski definition) is 5. The van der Waals surface area contributed by atoms with Gasteiger partial charge >= 0.3 is 5.91 Å². The number of furan rings is 1. The smallest absolute Gasteiger partial charge is 0.302 e. The molecule has 0 saturated carbocycles. The molecule has 1 saturated heterocycles. The number of imidazole rings is 1. The van der Waals surface area contributed by atoms with Crippen molar-refractivity contribution in [2.45, 2.75) is 19.9 Å². The van der Waals surface area contributed by atoms with E-state index in [9.17, 15) is 14.7 Å². The number of aryl methyl sites for hydroxylation is 2. The van der Waals surface area contributed by atoms with Gasteiger partial charge in [0.15, 0.2) is 0 Å². The van der Waals surface area contributed by atoms with Crippen LogP contribution in [0.4, 0.5) is 5.95 Å². The van der Waals surface area contributed by atoms with Gasteiger partial charge in [0.1, 0.15) is 23.3 Å². The Kier molecular flexibility index (Phi) is 4.60. The summed E-state index contributed by atoms with van der Waals surface area (Å²) < 4.78 is 5.86. The van der Waals surface area contributed by atoms with Crippen molar-refractivity contribution in [2.75, 3.05) is 4.90 Å². The third-order valence-corrected chi connectivity index (χ3v) is 6.35. The molecule has 7 nitrogen and oxygen atoms in total. The number of rotatable bonds is 3. The van der Waals surface area contributed by atoms with Gasteiger partial charge in [0, 0.05) is 5.56 Å². The van der Waals surface area contributed by atoms with Gasteiger partial charge in [0.2, 0.25) is 5.95 Å². The second-order valence-electron chi connectivity index (χ2n) is 8.76. The molecule has 3 heterocycles. The summed E-state index contributed by atoms with van der Waals surface area (Å²) in [6.45, 7) is 3.74. The molecule has 0 bridgehead atoms. The highest BCUT2D eigenvalue weighted by Crippen LogP contribution is 2.42. The Morgan fingerprint density at radius 1 is 0.971 bits per heavy atom. The molecule has 1 atom stereocenters. The second kappa shape index (κ2) is 7.70. The van der Waals surface area contributed by atoms with E-state index in [1.54, 1.807) is 31.2 Å². The lowest BCUT2D eigenvalue weighted by molar-refractivity contribution is -0.132. The number of aliphatic hydroxyl groups excluding tert-OH is 1. The van der Waals surface area contributed by atoms with Gasteiger partial charge < -0.3 is 14.5 Å². The monoisotopic (exact) mass is 463 g/mol. The molecular formula is C28H21N3O4. The van der Waals surface area contributed by atoms with E-state index in [0.29, 0.717) is 22.6 Å². The van der Waals surface area contributed by atoms with Gasteiger partial charge in [-0.25, -0.2) is 4.98 Å². The number of fused-ring (bicyclic) bond motifs is 2. The zero-order valence-corrected chi connectivity index (χ0v) is 19.1. The predicted octanol–water partition coefficient (Wildman–Crippen LogP) is 5.55. The number of Topliss-reactive ketones (excluding diaryl/α,β-unsaturated/α-hetero) is 1. The van der Waals surface area contributed by atoms with Crippen LogP contribution in [0.15, 0.2) is 82.8 Å². The van der Waals surface area contributed by atoms with Crippen LogP contribution in [0.1, 0.15) is 28.7 Å². The second-order valence-corrected chi connectivity index (χ2v) is 8.76. The molecule has 3 aromatic carbocycles. The third-order valence-electron chi connectivity index (χ3n) is 6.35. The summed E-state index contributed by atoms with van der Waals surface area (Å²) in [4.78, 5) is 35.6. The van der Waals surface area contributed by atoms with Crippen molar-refractivity contribution >= 4 is 45.2 Å². The fourth-order valence-corrected chi connectivity index (χ4v) is 4.64. The number of carbonyl (C=O) groups is 2. The normalized spacial score (nSPS) is 17.7. The molecule has 1 unspecified atom stereocenters. The first-order valence-electron chi connectivity index (χ1n) is 11.2. The highest BCUT2D eigenvalue weighted by Gasteiger charge is 2.49. The number of nitrogens with one attached hydrogen (secondary N) is 1. The summed E-state index contributed by atoms with van der Waals surface area (Å²) in [7, 11) is 0. The van der Waals surface area contributed by atoms with E-state index < -0.39 is 17.7 Å². The zero-order valence-electron chi connectivity index (χ0n) is 19.1. The number of nitrogens with zero attached hydrogens (tertiary/aromatic N) is 2. The van der Waals surface area contributed by atoms with E-state index in [1.165, 1.54) is 4.90 Å². The minimum atomic E-state index is -0.975. The average Bonchev–Trinajstić information content (AvgIpc) is 3.54. The van der Waals surface area contributed by atoms with Crippen LogP contribution >= 0.6 is 0 Å². The minimum Gasteiger partial charge on any atom is -0.507 e. The Labute approximate surface area is 200 Å². The molecule has 7 heteroatoms. The number of aromatic nitrogens is 2. The SMILES string of the molecule is Cc1ccc2nc(N3C(=O)C(=O)/C(=C(/O)c4ccc5ccccc5c4)C3c3ccc(C)o3)[nH]c2c1. The molecule has 1 amide bonds. The van der Waals surface area contributed by atoms with Crippen LogP contribution in [0.5, 0.6) is 0 Å². The van der Waals surface area contributed by atoms with Gasteiger partial charge in [-0.15, -0.1) is 0 Å². The number of benzene rings is 3. The van der Waals surface area contributed by atoms with E-state index in [1.807, 2.05) is 55.5 Å². The lowest BCUT2D eigenvalue weighted by Gasteiger charge is -2.20.